The summed E-state index contributed by atoms with van der Waals surface area (Å²) in [5.41, 5.74) is 5.72. The van der Waals surface area contributed by atoms with Crippen LogP contribution in [0.5, 0.6) is 11.5 Å². The summed E-state index contributed by atoms with van der Waals surface area (Å²) in [6.45, 7) is 1.54. The van der Waals surface area contributed by atoms with Crippen LogP contribution in [0.25, 0.3) is 0 Å². The van der Waals surface area contributed by atoms with Gasteiger partial charge in [0.1, 0.15) is 0 Å². The van der Waals surface area contributed by atoms with E-state index in [1.54, 1.807) is 19.1 Å². The molecule has 4 nitrogen and oxygen atoms in total. The van der Waals surface area contributed by atoms with Crippen molar-refractivity contribution in [3.8, 4) is 11.5 Å². The highest BCUT2D eigenvalue weighted by atomic mass is 16.5. The van der Waals surface area contributed by atoms with Gasteiger partial charge in [0.05, 0.1) is 19.3 Å². The van der Waals surface area contributed by atoms with Crippen molar-refractivity contribution in [3.05, 3.63) is 23.8 Å². The number of phenols is 1. The molecule has 0 amide bonds. The first-order valence-electron chi connectivity index (χ1n) is 4.28. The molecule has 1 aromatic carbocycles. The van der Waals surface area contributed by atoms with Gasteiger partial charge in [0.15, 0.2) is 11.5 Å². The molecule has 1 aromatic rings. The molecule has 0 unspecified atom stereocenters. The standard InChI is InChI=1S/C10H15NO3/c1-10(11,6-12)7-3-4-8(13)9(5-7)14-2/h3-5,12-13H,6,11H2,1-2H3/t10-/m0/s1. The fourth-order valence-electron chi connectivity index (χ4n) is 1.12. The lowest BCUT2D eigenvalue weighted by molar-refractivity contribution is 0.209. The largest absolute Gasteiger partial charge is 0.504 e. The van der Waals surface area contributed by atoms with E-state index in [4.69, 9.17) is 15.6 Å². The highest BCUT2D eigenvalue weighted by Gasteiger charge is 2.21. The summed E-state index contributed by atoms with van der Waals surface area (Å²) in [4.78, 5) is 0. The molecule has 0 aliphatic rings. The van der Waals surface area contributed by atoms with Crippen LogP contribution in [0, 0.1) is 0 Å². The first kappa shape index (κ1) is 10.8. The zero-order chi connectivity index (χ0) is 10.8. The Bertz CT molecular complexity index is 323. The number of nitrogens with two attached hydrogens (primary N) is 1. The van der Waals surface area contributed by atoms with Gasteiger partial charge in [-0.3, -0.25) is 0 Å². The molecule has 0 aliphatic carbocycles. The number of aromatic hydroxyl groups is 1. The molecule has 0 aliphatic heterocycles. The average Bonchev–Trinajstić information content (AvgIpc) is 2.18. The van der Waals surface area contributed by atoms with Crippen LogP contribution in [0.4, 0.5) is 0 Å². The third-order valence-corrected chi connectivity index (χ3v) is 2.17. The van der Waals surface area contributed by atoms with Crippen molar-refractivity contribution < 1.29 is 14.9 Å². The van der Waals surface area contributed by atoms with Gasteiger partial charge in [0.2, 0.25) is 0 Å². The van der Waals surface area contributed by atoms with Crippen LogP contribution in [0.3, 0.4) is 0 Å². The Hall–Kier alpha value is -1.26. The maximum absolute atomic E-state index is 9.35. The maximum Gasteiger partial charge on any atom is 0.160 e. The number of hydrogen-bond acceptors (Lipinski definition) is 4. The molecular formula is C10H15NO3. The van der Waals surface area contributed by atoms with Crippen molar-refractivity contribution in [2.75, 3.05) is 13.7 Å². The van der Waals surface area contributed by atoms with Crippen molar-refractivity contribution in [1.82, 2.24) is 0 Å². The highest BCUT2D eigenvalue weighted by Crippen LogP contribution is 2.29. The first-order valence-corrected chi connectivity index (χ1v) is 4.28. The fraction of sp³-hybridized carbons (Fsp3) is 0.400. The van der Waals surface area contributed by atoms with E-state index in [1.165, 1.54) is 13.2 Å². The summed E-state index contributed by atoms with van der Waals surface area (Å²) >= 11 is 0. The number of phenolic OH excluding ortho intramolecular Hbond substituents is 1. The maximum atomic E-state index is 9.35. The molecule has 14 heavy (non-hydrogen) atoms. The number of ether oxygens (including phenoxy) is 1. The number of benzene rings is 1. The van der Waals surface area contributed by atoms with Crippen molar-refractivity contribution in [2.24, 2.45) is 5.73 Å². The molecule has 0 radical (unpaired) electrons. The molecular weight excluding hydrogens is 182 g/mol. The second kappa shape index (κ2) is 3.86. The van der Waals surface area contributed by atoms with Crippen LogP contribution in [-0.4, -0.2) is 23.9 Å². The second-order valence-electron chi connectivity index (χ2n) is 3.46. The molecule has 0 heterocycles. The van der Waals surface area contributed by atoms with Gasteiger partial charge in [-0.1, -0.05) is 6.07 Å². The number of aliphatic hydroxyl groups is 1. The van der Waals surface area contributed by atoms with Crippen molar-refractivity contribution in [1.29, 1.82) is 0 Å². The summed E-state index contributed by atoms with van der Waals surface area (Å²) in [5.74, 6) is 0.414. The molecule has 1 rings (SSSR count). The smallest absolute Gasteiger partial charge is 0.160 e. The minimum atomic E-state index is -0.818. The van der Waals surface area contributed by atoms with Gasteiger partial charge in [0.25, 0.3) is 0 Å². The predicted molar refractivity (Wildman–Crippen MR) is 53.3 cm³/mol. The Morgan fingerprint density at radius 2 is 2.14 bits per heavy atom. The van der Waals surface area contributed by atoms with Gasteiger partial charge in [0, 0.05) is 0 Å². The molecule has 78 valence electrons. The van der Waals surface area contributed by atoms with Gasteiger partial charge in [-0.05, 0) is 24.6 Å². The third kappa shape index (κ3) is 1.97. The lowest BCUT2D eigenvalue weighted by Crippen LogP contribution is -2.36. The molecule has 0 fully saturated rings. The topological polar surface area (TPSA) is 75.7 Å². The minimum Gasteiger partial charge on any atom is -0.504 e. The highest BCUT2D eigenvalue weighted by molar-refractivity contribution is 5.43. The van der Waals surface area contributed by atoms with Gasteiger partial charge >= 0.3 is 0 Å². The van der Waals surface area contributed by atoms with Crippen LogP contribution in [0.1, 0.15) is 12.5 Å². The lowest BCUT2D eigenvalue weighted by Gasteiger charge is -2.22. The molecule has 0 bridgehead atoms. The van der Waals surface area contributed by atoms with Gasteiger partial charge in [-0.2, -0.15) is 0 Å². The number of methoxy groups -OCH3 is 1. The molecule has 0 saturated carbocycles. The Morgan fingerprint density at radius 1 is 1.50 bits per heavy atom. The Kier molecular flexibility index (Phi) is 2.98. The summed E-state index contributed by atoms with van der Waals surface area (Å²) in [5, 5.41) is 18.4. The summed E-state index contributed by atoms with van der Waals surface area (Å²) in [6, 6.07) is 4.77. The minimum absolute atomic E-state index is 0.0602. The molecule has 4 N–H and O–H groups in total. The second-order valence-corrected chi connectivity index (χ2v) is 3.46. The third-order valence-electron chi connectivity index (χ3n) is 2.17. The molecule has 1 atom stereocenters. The Labute approximate surface area is 82.9 Å². The van der Waals surface area contributed by atoms with Crippen LogP contribution in [-0.2, 0) is 5.54 Å². The zero-order valence-corrected chi connectivity index (χ0v) is 8.32. The van der Waals surface area contributed by atoms with Crippen LogP contribution in [0.2, 0.25) is 0 Å². The molecule has 0 aromatic heterocycles. The summed E-state index contributed by atoms with van der Waals surface area (Å²) in [6.07, 6.45) is 0. The van der Waals surface area contributed by atoms with Crippen molar-refractivity contribution in [2.45, 2.75) is 12.5 Å². The van der Waals surface area contributed by atoms with Crippen LogP contribution >= 0.6 is 0 Å². The van der Waals surface area contributed by atoms with Gasteiger partial charge in [-0.25, -0.2) is 0 Å². The quantitative estimate of drug-likeness (QED) is 0.662. The van der Waals surface area contributed by atoms with E-state index in [2.05, 4.69) is 0 Å². The van der Waals surface area contributed by atoms with E-state index in [0.717, 1.165) is 5.56 Å². The van der Waals surface area contributed by atoms with E-state index in [1.807, 2.05) is 0 Å². The number of aliphatic hydroxyl groups excluding tert-OH is 1. The molecule has 4 heteroatoms. The van der Waals surface area contributed by atoms with Crippen molar-refractivity contribution >= 4 is 0 Å². The summed E-state index contributed by atoms with van der Waals surface area (Å²) < 4.78 is 4.94. The summed E-state index contributed by atoms with van der Waals surface area (Å²) in [7, 11) is 1.46. The zero-order valence-electron chi connectivity index (χ0n) is 8.32. The number of hydrogen-bond donors (Lipinski definition) is 3. The normalized spacial score (nSPS) is 14.9. The SMILES string of the molecule is COc1cc([C@@](C)(N)CO)ccc1O. The average molecular weight is 197 g/mol. The number of rotatable bonds is 3. The monoisotopic (exact) mass is 197 g/mol. The Balaban J connectivity index is 3.12. The van der Waals surface area contributed by atoms with E-state index < -0.39 is 5.54 Å². The van der Waals surface area contributed by atoms with Gasteiger partial charge < -0.3 is 20.7 Å². The predicted octanol–water partition coefficient (Wildman–Crippen LogP) is 0.567. The van der Waals surface area contributed by atoms with Gasteiger partial charge in [-0.15, -0.1) is 0 Å². The van der Waals surface area contributed by atoms with E-state index in [0.29, 0.717) is 5.75 Å². The van der Waals surface area contributed by atoms with Crippen LogP contribution < -0.4 is 10.5 Å². The first-order chi connectivity index (χ1) is 6.51. The Morgan fingerprint density at radius 3 is 2.64 bits per heavy atom. The van der Waals surface area contributed by atoms with E-state index >= 15 is 0 Å². The lowest BCUT2D eigenvalue weighted by atomic mass is 9.94. The molecule has 0 spiro atoms. The van der Waals surface area contributed by atoms with Crippen LogP contribution in [0.15, 0.2) is 18.2 Å². The fourth-order valence-corrected chi connectivity index (χ4v) is 1.12. The van der Waals surface area contributed by atoms with E-state index in [9.17, 15) is 5.11 Å². The van der Waals surface area contributed by atoms with E-state index in [-0.39, 0.29) is 12.4 Å². The van der Waals surface area contributed by atoms with Crippen molar-refractivity contribution in [3.63, 3.8) is 0 Å². The molecule has 0 saturated heterocycles.